The quantitative estimate of drug-likeness (QED) is 0.816. The highest BCUT2D eigenvalue weighted by Gasteiger charge is 2.07. The minimum absolute atomic E-state index is 0.0519. The van der Waals surface area contributed by atoms with Crippen molar-refractivity contribution in [3.8, 4) is 0 Å². The summed E-state index contributed by atoms with van der Waals surface area (Å²) in [5, 5.41) is 2.82. The molecule has 1 aromatic carbocycles. The minimum Gasteiger partial charge on any atom is -0.384 e. The largest absolute Gasteiger partial charge is 0.384 e. The van der Waals surface area contributed by atoms with Gasteiger partial charge in [-0.3, -0.25) is 0 Å². The molecule has 0 bridgehead atoms. The Balaban J connectivity index is 2.31. The van der Waals surface area contributed by atoms with E-state index in [1.165, 1.54) is 12.1 Å². The van der Waals surface area contributed by atoms with Crippen LogP contribution < -0.4 is 11.1 Å². The van der Waals surface area contributed by atoms with Gasteiger partial charge in [-0.25, -0.2) is 9.37 Å². The first-order valence-corrected chi connectivity index (χ1v) is 5.46. The van der Waals surface area contributed by atoms with Crippen LogP contribution >= 0.6 is 23.2 Å². The maximum absolute atomic E-state index is 13.2. The van der Waals surface area contributed by atoms with E-state index in [0.29, 0.717) is 17.3 Å². The zero-order valence-corrected chi connectivity index (χ0v) is 10.1. The summed E-state index contributed by atoms with van der Waals surface area (Å²) in [6.45, 7) is 0. The van der Waals surface area contributed by atoms with Crippen LogP contribution in [0.4, 0.5) is 21.7 Å². The third-order valence-corrected chi connectivity index (χ3v) is 2.58. The minimum atomic E-state index is -0.639. The molecule has 3 nitrogen and oxygen atoms in total. The maximum atomic E-state index is 13.2. The molecule has 17 heavy (non-hydrogen) atoms. The summed E-state index contributed by atoms with van der Waals surface area (Å²) < 4.78 is 13.2. The van der Waals surface area contributed by atoms with Crippen LogP contribution in [-0.2, 0) is 0 Å². The van der Waals surface area contributed by atoms with Crippen molar-refractivity contribution in [3.63, 3.8) is 0 Å². The fraction of sp³-hybridized carbons (Fsp3) is 0. The van der Waals surface area contributed by atoms with E-state index in [9.17, 15) is 4.39 Å². The van der Waals surface area contributed by atoms with Crippen molar-refractivity contribution in [2.24, 2.45) is 0 Å². The van der Waals surface area contributed by atoms with E-state index >= 15 is 0 Å². The Kier molecular flexibility index (Phi) is 3.36. The number of nitrogens with two attached hydrogens (primary N) is 1. The second-order valence-corrected chi connectivity index (χ2v) is 4.14. The van der Waals surface area contributed by atoms with Crippen molar-refractivity contribution in [2.45, 2.75) is 0 Å². The second kappa shape index (κ2) is 4.77. The number of anilines is 3. The van der Waals surface area contributed by atoms with Gasteiger partial charge in [-0.1, -0.05) is 29.3 Å². The molecule has 2 rings (SSSR count). The highest BCUT2D eigenvalue weighted by Crippen LogP contribution is 2.28. The lowest BCUT2D eigenvalue weighted by Crippen LogP contribution is -1.97. The Morgan fingerprint density at radius 3 is 2.41 bits per heavy atom. The van der Waals surface area contributed by atoms with Gasteiger partial charge in [0.15, 0.2) is 5.82 Å². The van der Waals surface area contributed by atoms with E-state index < -0.39 is 5.82 Å². The smallest absolute Gasteiger partial charge is 0.160 e. The average Bonchev–Trinajstić information content (AvgIpc) is 2.26. The van der Waals surface area contributed by atoms with Gasteiger partial charge in [-0.15, -0.1) is 0 Å². The molecule has 0 spiro atoms. The molecule has 6 heteroatoms. The van der Waals surface area contributed by atoms with E-state index in [2.05, 4.69) is 10.3 Å². The van der Waals surface area contributed by atoms with Crippen LogP contribution in [-0.4, -0.2) is 4.98 Å². The van der Waals surface area contributed by atoms with E-state index in [-0.39, 0.29) is 10.0 Å². The molecule has 3 N–H and O–H groups in total. The number of rotatable bonds is 2. The van der Waals surface area contributed by atoms with Crippen molar-refractivity contribution in [1.82, 2.24) is 4.98 Å². The van der Waals surface area contributed by atoms with Crippen molar-refractivity contribution < 1.29 is 4.39 Å². The Morgan fingerprint density at radius 1 is 1.18 bits per heavy atom. The van der Waals surface area contributed by atoms with E-state index in [0.717, 1.165) is 0 Å². The molecule has 1 aromatic heterocycles. The number of nitrogen functional groups attached to an aromatic ring is 1. The molecular weight excluding hydrogens is 264 g/mol. The summed E-state index contributed by atoms with van der Waals surface area (Å²) in [6.07, 6.45) is 0. The van der Waals surface area contributed by atoms with Gasteiger partial charge in [0.05, 0.1) is 10.0 Å². The summed E-state index contributed by atoms with van der Waals surface area (Å²) in [5.74, 6) is 0.275. The fourth-order valence-electron chi connectivity index (χ4n) is 1.30. The molecule has 0 aliphatic heterocycles. The van der Waals surface area contributed by atoms with Crippen LogP contribution in [0.25, 0.3) is 0 Å². The van der Waals surface area contributed by atoms with Crippen LogP contribution in [0.15, 0.2) is 30.3 Å². The Hall–Kier alpha value is -1.52. The lowest BCUT2D eigenvalue weighted by Gasteiger charge is -2.07. The zero-order chi connectivity index (χ0) is 12.4. The molecule has 0 radical (unpaired) electrons. The van der Waals surface area contributed by atoms with Crippen LogP contribution in [0.1, 0.15) is 0 Å². The van der Waals surface area contributed by atoms with Crippen LogP contribution in [0, 0.1) is 5.82 Å². The monoisotopic (exact) mass is 271 g/mol. The van der Waals surface area contributed by atoms with Crippen molar-refractivity contribution >= 4 is 40.5 Å². The zero-order valence-electron chi connectivity index (χ0n) is 8.55. The maximum Gasteiger partial charge on any atom is 0.160 e. The molecule has 88 valence electrons. The first-order valence-electron chi connectivity index (χ1n) is 4.70. The van der Waals surface area contributed by atoms with Gasteiger partial charge in [0.2, 0.25) is 0 Å². The fourth-order valence-corrected chi connectivity index (χ4v) is 1.78. The molecule has 2 aromatic rings. The lowest BCUT2D eigenvalue weighted by atomic mass is 10.3. The van der Waals surface area contributed by atoms with Gasteiger partial charge in [0.25, 0.3) is 0 Å². The summed E-state index contributed by atoms with van der Waals surface area (Å²) in [6, 6.07) is 7.98. The number of halogens is 3. The lowest BCUT2D eigenvalue weighted by molar-refractivity contribution is 0.629. The third-order valence-electron chi connectivity index (χ3n) is 2.03. The van der Waals surface area contributed by atoms with Crippen LogP contribution in [0.2, 0.25) is 10.0 Å². The third kappa shape index (κ3) is 2.78. The van der Waals surface area contributed by atoms with Gasteiger partial charge >= 0.3 is 0 Å². The Morgan fingerprint density at radius 2 is 1.82 bits per heavy atom. The first-order chi connectivity index (χ1) is 8.06. The summed E-state index contributed by atoms with van der Waals surface area (Å²) in [4.78, 5) is 4.04. The SMILES string of the molecule is Nc1cccc(Nc2cc(Cl)c(F)c(Cl)c2)n1. The number of nitrogens with zero attached hydrogens (tertiary/aromatic N) is 1. The van der Waals surface area contributed by atoms with Gasteiger partial charge in [-0.2, -0.15) is 0 Å². The molecular formula is C11H8Cl2FN3. The number of hydrogen-bond acceptors (Lipinski definition) is 3. The number of benzene rings is 1. The van der Waals surface area contributed by atoms with Gasteiger partial charge in [0.1, 0.15) is 11.6 Å². The number of hydrogen-bond donors (Lipinski definition) is 2. The number of pyridine rings is 1. The number of nitrogens with one attached hydrogen (secondary N) is 1. The average molecular weight is 272 g/mol. The van der Waals surface area contributed by atoms with Gasteiger partial charge < -0.3 is 11.1 Å². The van der Waals surface area contributed by atoms with Crippen molar-refractivity contribution in [2.75, 3.05) is 11.1 Å². The predicted octanol–water partition coefficient (Wildman–Crippen LogP) is 3.85. The molecule has 0 saturated heterocycles. The van der Waals surface area contributed by atoms with E-state index in [1.54, 1.807) is 18.2 Å². The highest BCUT2D eigenvalue weighted by molar-refractivity contribution is 6.35. The molecule has 0 saturated carbocycles. The van der Waals surface area contributed by atoms with Gasteiger partial charge in [0, 0.05) is 5.69 Å². The van der Waals surface area contributed by atoms with Crippen molar-refractivity contribution in [1.29, 1.82) is 0 Å². The molecule has 0 aliphatic carbocycles. The summed E-state index contributed by atoms with van der Waals surface area (Å²) >= 11 is 11.3. The molecule has 1 heterocycles. The standard InChI is InChI=1S/C11H8Cl2FN3/c12-7-4-6(5-8(13)11(7)14)16-10-3-1-2-9(15)17-10/h1-5H,(H3,15,16,17). The molecule has 0 amide bonds. The first kappa shape index (κ1) is 12.0. The number of aromatic nitrogens is 1. The Bertz CT molecular complexity index is 537. The van der Waals surface area contributed by atoms with E-state index in [1.807, 2.05) is 0 Å². The molecule has 0 aliphatic rings. The summed E-state index contributed by atoms with van der Waals surface area (Å²) in [5.41, 5.74) is 6.07. The second-order valence-electron chi connectivity index (χ2n) is 3.33. The van der Waals surface area contributed by atoms with Crippen molar-refractivity contribution in [3.05, 3.63) is 46.2 Å². The Labute approximate surface area is 107 Å². The normalized spacial score (nSPS) is 10.3. The van der Waals surface area contributed by atoms with Gasteiger partial charge in [-0.05, 0) is 24.3 Å². The molecule has 0 fully saturated rings. The van der Waals surface area contributed by atoms with Crippen LogP contribution in [0.3, 0.4) is 0 Å². The summed E-state index contributed by atoms with van der Waals surface area (Å²) in [7, 11) is 0. The predicted molar refractivity (Wildman–Crippen MR) is 68.4 cm³/mol. The van der Waals surface area contributed by atoms with E-state index in [4.69, 9.17) is 28.9 Å². The topological polar surface area (TPSA) is 50.9 Å². The molecule has 0 unspecified atom stereocenters. The highest BCUT2D eigenvalue weighted by atomic mass is 35.5. The van der Waals surface area contributed by atoms with Crippen LogP contribution in [0.5, 0.6) is 0 Å². The molecule has 0 atom stereocenters.